The molecule has 0 aliphatic heterocycles. The third-order valence-corrected chi connectivity index (χ3v) is 2.14. The van der Waals surface area contributed by atoms with Gasteiger partial charge in [0.15, 0.2) is 6.29 Å². The highest BCUT2D eigenvalue weighted by Crippen LogP contribution is 2.30. The molecular formula is C12H8ClF3O. The second kappa shape index (κ2) is 5.74. The van der Waals surface area contributed by atoms with Crippen molar-refractivity contribution in [2.75, 3.05) is 5.88 Å². The quantitative estimate of drug-likeness (QED) is 0.452. The molecule has 0 unspecified atom stereocenters. The van der Waals surface area contributed by atoms with Gasteiger partial charge in [-0.3, -0.25) is 4.79 Å². The van der Waals surface area contributed by atoms with Gasteiger partial charge in [0.05, 0.1) is 5.56 Å². The van der Waals surface area contributed by atoms with Crippen LogP contribution in [0.4, 0.5) is 13.2 Å². The van der Waals surface area contributed by atoms with Crippen molar-refractivity contribution < 1.29 is 18.0 Å². The summed E-state index contributed by atoms with van der Waals surface area (Å²) in [6.07, 6.45) is -3.61. The molecule has 1 aromatic carbocycles. The van der Waals surface area contributed by atoms with Gasteiger partial charge in [0.25, 0.3) is 0 Å². The molecule has 0 radical (unpaired) electrons. The van der Waals surface area contributed by atoms with Crippen LogP contribution in [0.25, 0.3) is 0 Å². The maximum absolute atomic E-state index is 12.4. The molecule has 0 fully saturated rings. The second-order valence-corrected chi connectivity index (χ2v) is 3.54. The second-order valence-electron chi connectivity index (χ2n) is 3.16. The first-order chi connectivity index (χ1) is 7.99. The summed E-state index contributed by atoms with van der Waals surface area (Å²) in [5.74, 6) is 5.40. The Kier molecular flexibility index (Phi) is 4.59. The van der Waals surface area contributed by atoms with E-state index in [1.54, 1.807) is 0 Å². The molecule has 0 bridgehead atoms. The van der Waals surface area contributed by atoms with Gasteiger partial charge in [-0.15, -0.1) is 11.6 Å². The number of hydrogen-bond donors (Lipinski definition) is 0. The predicted octanol–water partition coefficient (Wildman–Crippen LogP) is 3.50. The van der Waals surface area contributed by atoms with E-state index in [-0.39, 0.29) is 11.1 Å². The van der Waals surface area contributed by atoms with Gasteiger partial charge in [-0.1, -0.05) is 11.8 Å². The van der Waals surface area contributed by atoms with Gasteiger partial charge < -0.3 is 0 Å². The van der Waals surface area contributed by atoms with Crippen LogP contribution in [0.2, 0.25) is 0 Å². The fourth-order valence-electron chi connectivity index (χ4n) is 1.15. The van der Waals surface area contributed by atoms with Gasteiger partial charge >= 0.3 is 6.18 Å². The van der Waals surface area contributed by atoms with Gasteiger partial charge in [-0.25, -0.2) is 0 Å². The number of alkyl halides is 4. The molecule has 1 aromatic rings. The fourth-order valence-corrected chi connectivity index (χ4v) is 1.24. The zero-order valence-electron chi connectivity index (χ0n) is 8.64. The van der Waals surface area contributed by atoms with E-state index in [9.17, 15) is 18.0 Å². The number of carbonyl (C=O) groups excluding carboxylic acids is 1. The summed E-state index contributed by atoms with van der Waals surface area (Å²) in [4.78, 5) is 10.6. The summed E-state index contributed by atoms with van der Waals surface area (Å²) < 4.78 is 37.3. The highest BCUT2D eigenvalue weighted by atomic mass is 35.5. The number of aldehydes is 1. The average Bonchev–Trinajstić information content (AvgIpc) is 2.28. The molecule has 17 heavy (non-hydrogen) atoms. The summed E-state index contributed by atoms with van der Waals surface area (Å²) in [6.45, 7) is 0. The fraction of sp³-hybridized carbons (Fsp3) is 0.250. The summed E-state index contributed by atoms with van der Waals surface area (Å²) in [6, 6.07) is 2.84. The molecule has 1 nitrogen and oxygen atoms in total. The lowest BCUT2D eigenvalue weighted by Crippen LogP contribution is -2.05. The highest BCUT2D eigenvalue weighted by molar-refractivity contribution is 6.18. The lowest BCUT2D eigenvalue weighted by atomic mass is 10.0. The third-order valence-electron chi connectivity index (χ3n) is 1.95. The standard InChI is InChI=1S/C12H8ClF3O/c13-6-2-1-3-9-7-11(12(14,15)16)5-4-10(9)8-17/h4-5,7-8H,2,6H2. The maximum atomic E-state index is 12.4. The topological polar surface area (TPSA) is 17.1 Å². The van der Waals surface area contributed by atoms with E-state index >= 15 is 0 Å². The van der Waals surface area contributed by atoms with E-state index < -0.39 is 11.7 Å². The van der Waals surface area contributed by atoms with Crippen LogP contribution in [0, 0.1) is 11.8 Å². The molecule has 0 amide bonds. The molecule has 0 atom stereocenters. The molecule has 0 N–H and O–H groups in total. The number of rotatable bonds is 2. The smallest absolute Gasteiger partial charge is 0.298 e. The first kappa shape index (κ1) is 13.6. The number of benzene rings is 1. The molecule has 0 saturated heterocycles. The summed E-state index contributed by atoms with van der Waals surface area (Å²) in [5.41, 5.74) is -0.613. The maximum Gasteiger partial charge on any atom is 0.416 e. The van der Waals surface area contributed by atoms with Crippen LogP contribution in [0.5, 0.6) is 0 Å². The zero-order chi connectivity index (χ0) is 12.9. The van der Waals surface area contributed by atoms with E-state index in [0.29, 0.717) is 18.6 Å². The van der Waals surface area contributed by atoms with Crippen LogP contribution in [0.1, 0.15) is 27.9 Å². The summed E-state index contributed by atoms with van der Waals surface area (Å²) >= 11 is 5.39. The van der Waals surface area contributed by atoms with Crippen molar-refractivity contribution in [2.24, 2.45) is 0 Å². The molecule has 0 aliphatic carbocycles. The molecular weight excluding hydrogens is 253 g/mol. The number of carbonyl (C=O) groups is 1. The minimum absolute atomic E-state index is 0.0694. The van der Waals surface area contributed by atoms with Crippen molar-refractivity contribution in [3.63, 3.8) is 0 Å². The van der Waals surface area contributed by atoms with Crippen LogP contribution in [0.3, 0.4) is 0 Å². The highest BCUT2D eigenvalue weighted by Gasteiger charge is 2.30. The zero-order valence-corrected chi connectivity index (χ0v) is 9.40. The largest absolute Gasteiger partial charge is 0.416 e. The van der Waals surface area contributed by atoms with Crippen molar-refractivity contribution in [1.29, 1.82) is 0 Å². The molecule has 0 aliphatic rings. The van der Waals surface area contributed by atoms with Crippen molar-refractivity contribution >= 4 is 17.9 Å². The van der Waals surface area contributed by atoms with Crippen molar-refractivity contribution in [3.8, 4) is 11.8 Å². The Bertz CT molecular complexity index is 469. The Morgan fingerprint density at radius 2 is 2.06 bits per heavy atom. The lowest BCUT2D eigenvalue weighted by Gasteiger charge is -2.07. The van der Waals surface area contributed by atoms with Gasteiger partial charge in [-0.05, 0) is 18.2 Å². The molecule has 5 heteroatoms. The van der Waals surface area contributed by atoms with Gasteiger partial charge in [0.2, 0.25) is 0 Å². The average molecular weight is 261 g/mol. The molecule has 0 aromatic heterocycles. The first-order valence-corrected chi connectivity index (χ1v) is 5.23. The third kappa shape index (κ3) is 3.79. The van der Waals surface area contributed by atoms with E-state index in [4.69, 9.17) is 11.6 Å². The summed E-state index contributed by atoms with van der Waals surface area (Å²) in [7, 11) is 0. The van der Waals surface area contributed by atoms with E-state index in [1.807, 2.05) is 0 Å². The first-order valence-electron chi connectivity index (χ1n) is 4.70. The van der Waals surface area contributed by atoms with Crippen LogP contribution in [-0.2, 0) is 6.18 Å². The number of hydrogen-bond acceptors (Lipinski definition) is 1. The Morgan fingerprint density at radius 1 is 1.35 bits per heavy atom. The Balaban J connectivity index is 3.17. The SMILES string of the molecule is O=Cc1ccc(C(F)(F)F)cc1C#CCCCl. The van der Waals surface area contributed by atoms with Crippen LogP contribution in [-0.4, -0.2) is 12.2 Å². The molecule has 90 valence electrons. The number of halogens is 4. The molecule has 0 saturated carbocycles. The van der Waals surface area contributed by atoms with Crippen molar-refractivity contribution in [2.45, 2.75) is 12.6 Å². The van der Waals surface area contributed by atoms with E-state index in [1.165, 1.54) is 0 Å². The van der Waals surface area contributed by atoms with Crippen LogP contribution in [0.15, 0.2) is 18.2 Å². The van der Waals surface area contributed by atoms with Gasteiger partial charge in [-0.2, -0.15) is 13.2 Å². The molecule has 0 spiro atoms. The van der Waals surface area contributed by atoms with E-state index in [0.717, 1.165) is 18.2 Å². The van der Waals surface area contributed by atoms with Crippen LogP contribution >= 0.6 is 11.6 Å². The van der Waals surface area contributed by atoms with Crippen LogP contribution < -0.4 is 0 Å². The molecule has 0 heterocycles. The van der Waals surface area contributed by atoms with Gasteiger partial charge in [0.1, 0.15) is 0 Å². The normalized spacial score (nSPS) is 10.6. The summed E-state index contributed by atoms with van der Waals surface area (Å²) in [5, 5.41) is 0. The van der Waals surface area contributed by atoms with Gasteiger partial charge in [0, 0.05) is 23.4 Å². The predicted molar refractivity (Wildman–Crippen MR) is 59.0 cm³/mol. The lowest BCUT2D eigenvalue weighted by molar-refractivity contribution is -0.137. The van der Waals surface area contributed by atoms with Crippen molar-refractivity contribution in [1.82, 2.24) is 0 Å². The monoisotopic (exact) mass is 260 g/mol. The Hall–Kier alpha value is -1.47. The van der Waals surface area contributed by atoms with Crippen molar-refractivity contribution in [3.05, 3.63) is 34.9 Å². The molecule has 1 rings (SSSR count). The van der Waals surface area contributed by atoms with E-state index in [2.05, 4.69) is 11.8 Å². The minimum atomic E-state index is -4.44. The Morgan fingerprint density at radius 3 is 2.59 bits per heavy atom. The minimum Gasteiger partial charge on any atom is -0.298 e. The Labute approximate surface area is 102 Å².